The molecule has 0 aliphatic heterocycles. The smallest absolute Gasteiger partial charge is 0.225 e. The van der Waals surface area contributed by atoms with Gasteiger partial charge in [-0.2, -0.15) is 13.2 Å². The van der Waals surface area contributed by atoms with E-state index in [1.54, 1.807) is 0 Å². The van der Waals surface area contributed by atoms with Crippen LogP contribution in [0.5, 0.6) is 0 Å². The zero-order valence-electron chi connectivity index (χ0n) is 7.14. The molecule has 0 spiro atoms. The van der Waals surface area contributed by atoms with E-state index in [1.165, 1.54) is 6.07 Å². The zero-order chi connectivity index (χ0) is 11.1. The summed E-state index contributed by atoms with van der Waals surface area (Å²) in [5.41, 5.74) is -0.636. The first-order chi connectivity index (χ1) is 6.98. The van der Waals surface area contributed by atoms with Crippen LogP contribution in [0.15, 0.2) is 18.2 Å². The maximum Gasteiger partial charge on any atom is 0.416 e. The fourth-order valence-electron chi connectivity index (χ4n) is 1.16. The van der Waals surface area contributed by atoms with Crippen molar-refractivity contribution < 1.29 is 13.2 Å². The first kappa shape index (κ1) is 10.2. The Kier molecular flexibility index (Phi) is 2.26. The van der Waals surface area contributed by atoms with E-state index in [4.69, 9.17) is 11.6 Å². The van der Waals surface area contributed by atoms with E-state index >= 15 is 0 Å². The standard InChI is InChI=1S/C9H3ClF3N2/c10-8-6-2-1-5(9(11,12)13)3-7(6)14-4-15-8/h1-3H. The summed E-state index contributed by atoms with van der Waals surface area (Å²) in [5, 5.41) is 0.470. The number of nitrogens with zero attached hydrogens (tertiary/aromatic N) is 2. The highest BCUT2D eigenvalue weighted by Gasteiger charge is 2.30. The van der Waals surface area contributed by atoms with Crippen LogP contribution in [0.3, 0.4) is 0 Å². The predicted octanol–water partition coefficient (Wildman–Crippen LogP) is 3.10. The summed E-state index contributed by atoms with van der Waals surface area (Å²) in [6, 6.07) is 3.10. The number of benzene rings is 1. The molecule has 1 aromatic carbocycles. The summed E-state index contributed by atoms with van der Waals surface area (Å²) >= 11 is 5.66. The van der Waals surface area contributed by atoms with E-state index in [-0.39, 0.29) is 10.7 Å². The highest BCUT2D eigenvalue weighted by molar-refractivity contribution is 6.33. The van der Waals surface area contributed by atoms with Crippen LogP contribution in [-0.4, -0.2) is 9.97 Å². The van der Waals surface area contributed by atoms with E-state index in [9.17, 15) is 13.2 Å². The van der Waals surface area contributed by atoms with Crippen molar-refractivity contribution in [3.63, 3.8) is 0 Å². The summed E-state index contributed by atoms with van der Waals surface area (Å²) in [7, 11) is 0. The Balaban J connectivity index is 2.68. The fourth-order valence-corrected chi connectivity index (χ4v) is 1.36. The maximum absolute atomic E-state index is 12.3. The maximum atomic E-state index is 12.3. The Hall–Kier alpha value is -1.36. The van der Waals surface area contributed by atoms with Gasteiger partial charge in [0, 0.05) is 5.39 Å². The van der Waals surface area contributed by atoms with E-state index in [0.717, 1.165) is 12.1 Å². The van der Waals surface area contributed by atoms with E-state index in [0.29, 0.717) is 5.39 Å². The minimum Gasteiger partial charge on any atom is -0.225 e. The molecular formula is C9H3ClF3N2. The van der Waals surface area contributed by atoms with Gasteiger partial charge in [0.05, 0.1) is 11.1 Å². The third kappa shape index (κ3) is 1.87. The molecule has 2 rings (SSSR count). The van der Waals surface area contributed by atoms with Gasteiger partial charge < -0.3 is 0 Å². The summed E-state index contributed by atoms with van der Waals surface area (Å²) in [6.45, 7) is 0. The molecule has 0 saturated heterocycles. The Morgan fingerprint density at radius 3 is 2.60 bits per heavy atom. The van der Waals surface area contributed by atoms with E-state index in [2.05, 4.69) is 16.3 Å². The van der Waals surface area contributed by atoms with Crippen molar-refractivity contribution in [2.24, 2.45) is 0 Å². The van der Waals surface area contributed by atoms with Gasteiger partial charge in [-0.05, 0) is 18.2 Å². The summed E-state index contributed by atoms with van der Waals surface area (Å²) < 4.78 is 37.0. The van der Waals surface area contributed by atoms with Crippen molar-refractivity contribution in [3.8, 4) is 0 Å². The largest absolute Gasteiger partial charge is 0.416 e. The molecule has 1 radical (unpaired) electrons. The number of hydrogen-bond acceptors (Lipinski definition) is 2. The van der Waals surface area contributed by atoms with Gasteiger partial charge in [0.1, 0.15) is 5.15 Å². The SMILES string of the molecule is FC(F)(F)c1ccc2c(Cl)n[c]nc2c1. The van der Waals surface area contributed by atoms with Crippen LogP contribution < -0.4 is 0 Å². The normalized spacial score (nSPS) is 12.0. The second-order valence-electron chi connectivity index (χ2n) is 2.84. The van der Waals surface area contributed by atoms with Crippen LogP contribution in [0.2, 0.25) is 5.15 Å². The predicted molar refractivity (Wildman–Crippen MR) is 48.4 cm³/mol. The second-order valence-corrected chi connectivity index (χ2v) is 3.20. The minimum atomic E-state index is -4.38. The zero-order valence-corrected chi connectivity index (χ0v) is 7.89. The molecule has 0 aliphatic rings. The van der Waals surface area contributed by atoms with Crippen LogP contribution >= 0.6 is 11.6 Å². The first-order valence-corrected chi connectivity index (χ1v) is 4.27. The third-order valence-electron chi connectivity index (χ3n) is 1.87. The van der Waals surface area contributed by atoms with Gasteiger partial charge in [0.2, 0.25) is 0 Å². The lowest BCUT2D eigenvalue weighted by Gasteiger charge is -2.06. The van der Waals surface area contributed by atoms with E-state index in [1.807, 2.05) is 0 Å². The van der Waals surface area contributed by atoms with Gasteiger partial charge in [0.15, 0.2) is 6.33 Å². The monoisotopic (exact) mass is 231 g/mol. The van der Waals surface area contributed by atoms with Crippen molar-refractivity contribution >= 4 is 22.5 Å². The van der Waals surface area contributed by atoms with Gasteiger partial charge in [-0.25, -0.2) is 9.97 Å². The molecule has 77 valence electrons. The van der Waals surface area contributed by atoms with Crippen molar-refractivity contribution in [1.82, 2.24) is 9.97 Å². The summed E-state index contributed by atoms with van der Waals surface area (Å²) in [6.07, 6.45) is -2.20. The Bertz CT molecular complexity index is 510. The van der Waals surface area contributed by atoms with Crippen LogP contribution in [-0.2, 0) is 6.18 Å². The number of rotatable bonds is 0. The molecule has 1 aromatic heterocycles. The molecule has 0 amide bonds. The average molecular weight is 232 g/mol. The Morgan fingerprint density at radius 1 is 1.20 bits per heavy atom. The minimum absolute atomic E-state index is 0.0914. The van der Waals surface area contributed by atoms with Gasteiger partial charge in [0.25, 0.3) is 0 Å². The Morgan fingerprint density at radius 2 is 1.93 bits per heavy atom. The van der Waals surface area contributed by atoms with Crippen molar-refractivity contribution in [1.29, 1.82) is 0 Å². The van der Waals surface area contributed by atoms with Gasteiger partial charge in [-0.15, -0.1) is 0 Å². The van der Waals surface area contributed by atoms with Crippen molar-refractivity contribution in [2.75, 3.05) is 0 Å². The second kappa shape index (κ2) is 3.34. The molecule has 1 heterocycles. The quantitative estimate of drug-likeness (QED) is 0.651. The summed E-state index contributed by atoms with van der Waals surface area (Å²) in [4.78, 5) is 7.14. The molecule has 0 aliphatic carbocycles. The van der Waals surface area contributed by atoms with Crippen LogP contribution in [0.4, 0.5) is 13.2 Å². The molecule has 0 bridgehead atoms. The molecule has 6 heteroatoms. The first-order valence-electron chi connectivity index (χ1n) is 3.89. The lowest BCUT2D eigenvalue weighted by molar-refractivity contribution is -0.137. The number of aromatic nitrogens is 2. The third-order valence-corrected chi connectivity index (χ3v) is 2.15. The molecule has 2 nitrogen and oxygen atoms in total. The Labute approximate surface area is 87.7 Å². The van der Waals surface area contributed by atoms with E-state index < -0.39 is 11.7 Å². The molecule has 0 N–H and O–H groups in total. The lowest BCUT2D eigenvalue weighted by atomic mass is 10.1. The van der Waals surface area contributed by atoms with Crippen LogP contribution in [0.1, 0.15) is 5.56 Å². The molecule has 0 fully saturated rings. The molecular weight excluding hydrogens is 229 g/mol. The number of fused-ring (bicyclic) bond motifs is 1. The number of hydrogen-bond donors (Lipinski definition) is 0. The van der Waals surface area contributed by atoms with Gasteiger partial charge in [-0.1, -0.05) is 11.6 Å². The lowest BCUT2D eigenvalue weighted by Crippen LogP contribution is -2.04. The molecule has 0 unspecified atom stereocenters. The topological polar surface area (TPSA) is 25.8 Å². The molecule has 15 heavy (non-hydrogen) atoms. The highest BCUT2D eigenvalue weighted by Crippen LogP contribution is 2.31. The van der Waals surface area contributed by atoms with Crippen molar-refractivity contribution in [2.45, 2.75) is 6.18 Å². The average Bonchev–Trinajstić information content (AvgIpc) is 2.16. The number of alkyl halides is 3. The highest BCUT2D eigenvalue weighted by atomic mass is 35.5. The summed E-state index contributed by atoms with van der Waals surface area (Å²) in [5.74, 6) is 0. The molecule has 2 aromatic rings. The van der Waals surface area contributed by atoms with Crippen LogP contribution in [0, 0.1) is 6.33 Å². The molecule has 0 atom stereocenters. The molecule has 0 saturated carbocycles. The fraction of sp³-hybridized carbons (Fsp3) is 0.111. The van der Waals surface area contributed by atoms with Gasteiger partial charge >= 0.3 is 6.18 Å². The number of halogens is 4. The van der Waals surface area contributed by atoms with Gasteiger partial charge in [-0.3, -0.25) is 0 Å². The van der Waals surface area contributed by atoms with Crippen LogP contribution in [0.25, 0.3) is 10.9 Å². The van der Waals surface area contributed by atoms with Crippen molar-refractivity contribution in [3.05, 3.63) is 35.2 Å².